The molecule has 0 saturated heterocycles. The second kappa shape index (κ2) is 10.8. The number of carbonyl (C=O) groups is 3. The Morgan fingerprint density at radius 1 is 0.897 bits per heavy atom. The monoisotopic (exact) mass is 397 g/mol. The third-order valence-electron chi connectivity index (χ3n) is 4.12. The van der Waals surface area contributed by atoms with Crippen LogP contribution in [-0.2, 0) is 6.54 Å². The van der Waals surface area contributed by atoms with Crippen LogP contribution in [0.15, 0.2) is 48.5 Å². The van der Waals surface area contributed by atoms with E-state index in [1.54, 1.807) is 36.4 Å². The Kier molecular flexibility index (Phi) is 8.17. The van der Waals surface area contributed by atoms with E-state index in [1.807, 2.05) is 31.1 Å². The van der Waals surface area contributed by atoms with Crippen molar-refractivity contribution in [3.05, 3.63) is 65.2 Å². The maximum Gasteiger partial charge on any atom is 0.318 e. The summed E-state index contributed by atoms with van der Waals surface area (Å²) in [6, 6.07) is 13.4. The molecular formula is C21H27N5O3. The smallest absolute Gasteiger partial charge is 0.318 e. The van der Waals surface area contributed by atoms with Gasteiger partial charge in [0.15, 0.2) is 0 Å². The molecule has 0 bridgehead atoms. The van der Waals surface area contributed by atoms with Gasteiger partial charge in [0.2, 0.25) is 0 Å². The fourth-order valence-electron chi connectivity index (χ4n) is 2.49. The summed E-state index contributed by atoms with van der Waals surface area (Å²) in [6.07, 6.45) is 0. The number of anilines is 1. The van der Waals surface area contributed by atoms with E-state index in [0.29, 0.717) is 29.9 Å². The lowest BCUT2D eigenvalue weighted by atomic mass is 10.1. The van der Waals surface area contributed by atoms with Gasteiger partial charge in [-0.2, -0.15) is 0 Å². The zero-order chi connectivity index (χ0) is 21.2. The van der Waals surface area contributed by atoms with E-state index in [2.05, 4.69) is 21.3 Å². The maximum absolute atomic E-state index is 12.4. The van der Waals surface area contributed by atoms with Crippen LogP contribution in [0.25, 0.3) is 0 Å². The molecule has 8 nitrogen and oxygen atoms in total. The first-order valence-corrected chi connectivity index (χ1v) is 9.28. The zero-order valence-corrected chi connectivity index (χ0v) is 16.9. The maximum atomic E-state index is 12.4. The van der Waals surface area contributed by atoms with Gasteiger partial charge in [0.05, 0.1) is 0 Å². The van der Waals surface area contributed by atoms with Crippen molar-refractivity contribution in [2.75, 3.05) is 39.5 Å². The van der Waals surface area contributed by atoms with Gasteiger partial charge in [0.25, 0.3) is 11.8 Å². The third-order valence-corrected chi connectivity index (χ3v) is 4.12. The number of rotatable bonds is 8. The second-order valence-corrected chi connectivity index (χ2v) is 6.72. The van der Waals surface area contributed by atoms with Crippen LogP contribution in [0.1, 0.15) is 26.3 Å². The van der Waals surface area contributed by atoms with Crippen LogP contribution >= 0.6 is 0 Å². The Balaban J connectivity index is 1.88. The van der Waals surface area contributed by atoms with Crippen molar-refractivity contribution in [3.8, 4) is 0 Å². The molecule has 0 aliphatic rings. The predicted molar refractivity (Wildman–Crippen MR) is 113 cm³/mol. The van der Waals surface area contributed by atoms with Crippen LogP contribution in [0.2, 0.25) is 0 Å². The number of likely N-dealkylation sites (N-methyl/N-ethyl adjacent to an activating group) is 1. The number of nitrogens with one attached hydrogen (secondary N) is 4. The van der Waals surface area contributed by atoms with Gasteiger partial charge in [-0.15, -0.1) is 0 Å². The molecule has 0 unspecified atom stereocenters. The van der Waals surface area contributed by atoms with E-state index in [9.17, 15) is 14.4 Å². The highest BCUT2D eigenvalue weighted by atomic mass is 16.2. The second-order valence-electron chi connectivity index (χ2n) is 6.72. The summed E-state index contributed by atoms with van der Waals surface area (Å²) in [5, 5.41) is 10.8. The SMILES string of the molecule is CNC(=O)Nc1cccc(C(=O)NCc2ccc(C(=O)NCCN(C)C)cc2)c1. The Hall–Kier alpha value is -3.39. The molecule has 0 radical (unpaired) electrons. The van der Waals surface area contributed by atoms with Crippen LogP contribution < -0.4 is 21.3 Å². The number of hydrogen-bond donors (Lipinski definition) is 4. The minimum Gasteiger partial charge on any atom is -0.351 e. The van der Waals surface area contributed by atoms with E-state index < -0.39 is 0 Å². The lowest BCUT2D eigenvalue weighted by Crippen LogP contribution is -2.31. The molecule has 0 aliphatic carbocycles. The molecule has 0 spiro atoms. The first-order chi connectivity index (χ1) is 13.9. The average molecular weight is 397 g/mol. The van der Waals surface area contributed by atoms with Crippen molar-refractivity contribution in [1.82, 2.24) is 20.9 Å². The van der Waals surface area contributed by atoms with E-state index in [4.69, 9.17) is 0 Å². The Morgan fingerprint density at radius 3 is 2.24 bits per heavy atom. The molecule has 4 N–H and O–H groups in total. The number of amides is 4. The Bertz CT molecular complexity index is 850. The van der Waals surface area contributed by atoms with Gasteiger partial charge in [-0.1, -0.05) is 18.2 Å². The third kappa shape index (κ3) is 7.27. The van der Waals surface area contributed by atoms with Gasteiger partial charge in [0.1, 0.15) is 0 Å². The summed E-state index contributed by atoms with van der Waals surface area (Å²) in [4.78, 5) is 37.8. The van der Waals surface area contributed by atoms with Crippen LogP contribution in [0.3, 0.4) is 0 Å². The summed E-state index contributed by atoms with van der Waals surface area (Å²) in [5.41, 5.74) is 2.42. The number of carbonyl (C=O) groups excluding carboxylic acids is 3. The molecule has 4 amide bonds. The van der Waals surface area contributed by atoms with Crippen molar-refractivity contribution in [2.24, 2.45) is 0 Å². The van der Waals surface area contributed by atoms with E-state index in [0.717, 1.165) is 12.1 Å². The zero-order valence-electron chi connectivity index (χ0n) is 16.9. The van der Waals surface area contributed by atoms with Crippen LogP contribution in [0.5, 0.6) is 0 Å². The van der Waals surface area contributed by atoms with Gasteiger partial charge in [-0.3, -0.25) is 9.59 Å². The highest BCUT2D eigenvalue weighted by Gasteiger charge is 2.09. The molecule has 0 atom stereocenters. The lowest BCUT2D eigenvalue weighted by Gasteiger charge is -2.11. The van der Waals surface area contributed by atoms with Crippen LogP contribution in [-0.4, -0.2) is 57.0 Å². The quantitative estimate of drug-likeness (QED) is 0.544. The van der Waals surface area contributed by atoms with Gasteiger partial charge >= 0.3 is 6.03 Å². The molecule has 154 valence electrons. The van der Waals surface area contributed by atoms with E-state index in [1.165, 1.54) is 7.05 Å². The number of nitrogens with zero attached hydrogens (tertiary/aromatic N) is 1. The molecule has 0 fully saturated rings. The number of benzene rings is 2. The Labute approximate surface area is 170 Å². The van der Waals surface area contributed by atoms with Gasteiger partial charge in [0, 0.05) is 43.5 Å². The highest BCUT2D eigenvalue weighted by Crippen LogP contribution is 2.11. The van der Waals surface area contributed by atoms with Crippen LogP contribution in [0, 0.1) is 0 Å². The van der Waals surface area contributed by atoms with E-state index >= 15 is 0 Å². The molecule has 29 heavy (non-hydrogen) atoms. The largest absolute Gasteiger partial charge is 0.351 e. The molecule has 2 aromatic rings. The van der Waals surface area contributed by atoms with Gasteiger partial charge < -0.3 is 26.2 Å². The molecular weight excluding hydrogens is 370 g/mol. The summed E-state index contributed by atoms with van der Waals surface area (Å²) in [5.74, 6) is -0.376. The minimum absolute atomic E-state index is 0.122. The standard InChI is InChI=1S/C21H27N5O3/c1-22-21(29)25-18-6-4-5-17(13-18)20(28)24-14-15-7-9-16(10-8-15)19(27)23-11-12-26(2)3/h4-10,13H,11-12,14H2,1-3H3,(H,23,27)(H,24,28)(H2,22,25,29). The van der Waals surface area contributed by atoms with Crippen molar-refractivity contribution in [1.29, 1.82) is 0 Å². The number of hydrogen-bond acceptors (Lipinski definition) is 4. The molecule has 0 saturated carbocycles. The van der Waals surface area contributed by atoms with Crippen LogP contribution in [0.4, 0.5) is 10.5 Å². The van der Waals surface area contributed by atoms with Gasteiger partial charge in [-0.05, 0) is 50.0 Å². The predicted octanol–water partition coefficient (Wildman–Crippen LogP) is 1.66. The summed E-state index contributed by atoms with van der Waals surface area (Å²) in [6.45, 7) is 1.68. The summed E-state index contributed by atoms with van der Waals surface area (Å²) >= 11 is 0. The molecule has 0 aromatic heterocycles. The summed E-state index contributed by atoms with van der Waals surface area (Å²) < 4.78 is 0. The summed E-state index contributed by atoms with van der Waals surface area (Å²) in [7, 11) is 5.42. The molecule has 0 heterocycles. The first kappa shape index (κ1) is 21.9. The fourth-order valence-corrected chi connectivity index (χ4v) is 2.49. The van der Waals surface area contributed by atoms with Crippen molar-refractivity contribution in [2.45, 2.75) is 6.54 Å². The van der Waals surface area contributed by atoms with Crippen molar-refractivity contribution < 1.29 is 14.4 Å². The highest BCUT2D eigenvalue weighted by molar-refractivity contribution is 5.97. The topological polar surface area (TPSA) is 103 Å². The average Bonchev–Trinajstić information content (AvgIpc) is 2.72. The Morgan fingerprint density at radius 2 is 1.59 bits per heavy atom. The molecule has 8 heteroatoms. The number of urea groups is 1. The minimum atomic E-state index is -0.353. The molecule has 2 rings (SSSR count). The van der Waals surface area contributed by atoms with Gasteiger partial charge in [-0.25, -0.2) is 4.79 Å². The first-order valence-electron chi connectivity index (χ1n) is 9.28. The van der Waals surface area contributed by atoms with E-state index in [-0.39, 0.29) is 17.8 Å². The molecule has 2 aromatic carbocycles. The van der Waals surface area contributed by atoms with Crippen molar-refractivity contribution in [3.63, 3.8) is 0 Å². The van der Waals surface area contributed by atoms with Crippen molar-refractivity contribution >= 4 is 23.5 Å². The molecule has 0 aliphatic heterocycles. The lowest BCUT2D eigenvalue weighted by molar-refractivity contribution is 0.0941. The normalized spacial score (nSPS) is 10.3. The fraction of sp³-hybridized carbons (Fsp3) is 0.286.